The number of pyridine rings is 1. The summed E-state index contributed by atoms with van der Waals surface area (Å²) in [6.07, 6.45) is 4.46. The number of nitrogens with one attached hydrogen (secondary N) is 1. The third-order valence-electron chi connectivity index (χ3n) is 4.13. The fraction of sp³-hybridized carbons (Fsp3) is 0.688. The molecule has 1 aliphatic rings. The summed E-state index contributed by atoms with van der Waals surface area (Å²) in [5.41, 5.74) is 2.44. The Bertz CT molecular complexity index is 390. The molecule has 1 saturated heterocycles. The maximum absolute atomic E-state index is 4.61. The molecule has 1 unspecified atom stereocenters. The number of hydrogen-bond donors (Lipinski definition) is 1. The largest absolute Gasteiger partial charge is 0.316 e. The van der Waals surface area contributed by atoms with Crippen LogP contribution in [0.2, 0.25) is 0 Å². The highest BCUT2D eigenvalue weighted by Gasteiger charge is 2.22. The van der Waals surface area contributed by atoms with Crippen molar-refractivity contribution in [3.63, 3.8) is 0 Å². The molecule has 4 nitrogen and oxygen atoms in total. The summed E-state index contributed by atoms with van der Waals surface area (Å²) in [5, 5.41) is 3.16. The smallest absolute Gasteiger partial charge is 0.0544 e. The quantitative estimate of drug-likeness (QED) is 0.887. The van der Waals surface area contributed by atoms with Crippen LogP contribution in [0.15, 0.2) is 18.3 Å². The van der Waals surface area contributed by atoms with Crippen molar-refractivity contribution in [2.24, 2.45) is 0 Å². The first-order valence-electron chi connectivity index (χ1n) is 7.74. The molecule has 0 saturated carbocycles. The average Bonchev–Trinajstić information content (AvgIpc) is 2.63. The molecular formula is C16H28N4. The highest BCUT2D eigenvalue weighted by atomic mass is 15.2. The molecule has 112 valence electrons. The molecule has 0 aliphatic carbocycles. The standard InChI is InChI=1S/C16H28N4/c1-4-16-13-19(3)8-5-9-20(16)12-15-7-6-14(10-17-2)11-18-15/h6-7,11,16-17H,4-5,8-10,12-13H2,1-3H3. The Morgan fingerprint density at radius 3 is 2.85 bits per heavy atom. The van der Waals surface area contributed by atoms with Crippen LogP contribution in [0.4, 0.5) is 0 Å². The number of hydrogen-bond acceptors (Lipinski definition) is 4. The Morgan fingerprint density at radius 1 is 1.35 bits per heavy atom. The van der Waals surface area contributed by atoms with Crippen LogP contribution in [0.3, 0.4) is 0 Å². The number of rotatable bonds is 5. The van der Waals surface area contributed by atoms with Crippen LogP contribution in [-0.4, -0.2) is 54.6 Å². The molecule has 1 N–H and O–H groups in total. The summed E-state index contributed by atoms with van der Waals surface area (Å²) >= 11 is 0. The molecule has 2 rings (SSSR count). The van der Waals surface area contributed by atoms with Gasteiger partial charge in [0.05, 0.1) is 5.69 Å². The van der Waals surface area contributed by atoms with Crippen LogP contribution in [-0.2, 0) is 13.1 Å². The zero-order valence-corrected chi connectivity index (χ0v) is 13.1. The van der Waals surface area contributed by atoms with Crippen molar-refractivity contribution in [2.45, 2.75) is 38.9 Å². The Morgan fingerprint density at radius 2 is 2.20 bits per heavy atom. The summed E-state index contributed by atoms with van der Waals surface area (Å²) in [4.78, 5) is 9.67. The minimum atomic E-state index is 0.654. The van der Waals surface area contributed by atoms with Crippen LogP contribution in [0.25, 0.3) is 0 Å². The van der Waals surface area contributed by atoms with Gasteiger partial charge in [-0.25, -0.2) is 0 Å². The van der Waals surface area contributed by atoms with E-state index in [0.29, 0.717) is 6.04 Å². The van der Waals surface area contributed by atoms with Gasteiger partial charge in [0.2, 0.25) is 0 Å². The van der Waals surface area contributed by atoms with Gasteiger partial charge in [0.15, 0.2) is 0 Å². The molecular weight excluding hydrogens is 248 g/mol. The maximum atomic E-state index is 4.61. The molecule has 1 aromatic rings. The van der Waals surface area contributed by atoms with Gasteiger partial charge in [-0.15, -0.1) is 0 Å². The van der Waals surface area contributed by atoms with E-state index in [9.17, 15) is 0 Å². The van der Waals surface area contributed by atoms with Crippen LogP contribution in [0.5, 0.6) is 0 Å². The monoisotopic (exact) mass is 276 g/mol. The second-order valence-electron chi connectivity index (χ2n) is 5.84. The first-order chi connectivity index (χ1) is 9.72. The van der Waals surface area contributed by atoms with Gasteiger partial charge in [0.1, 0.15) is 0 Å². The third kappa shape index (κ3) is 4.27. The molecule has 2 heterocycles. The molecule has 1 aromatic heterocycles. The molecule has 0 amide bonds. The van der Waals surface area contributed by atoms with Gasteiger partial charge in [-0.2, -0.15) is 0 Å². The van der Waals surface area contributed by atoms with Gasteiger partial charge in [0, 0.05) is 38.4 Å². The topological polar surface area (TPSA) is 31.4 Å². The van der Waals surface area contributed by atoms with Gasteiger partial charge >= 0.3 is 0 Å². The van der Waals surface area contributed by atoms with Crippen molar-refractivity contribution in [3.05, 3.63) is 29.6 Å². The lowest BCUT2D eigenvalue weighted by atomic mass is 10.1. The summed E-state index contributed by atoms with van der Waals surface area (Å²) in [7, 11) is 4.20. The third-order valence-corrected chi connectivity index (χ3v) is 4.13. The van der Waals surface area contributed by atoms with E-state index in [0.717, 1.165) is 13.1 Å². The zero-order valence-electron chi connectivity index (χ0n) is 13.1. The first kappa shape index (κ1) is 15.4. The lowest BCUT2D eigenvalue weighted by molar-refractivity contribution is 0.174. The minimum Gasteiger partial charge on any atom is -0.316 e. The van der Waals surface area contributed by atoms with E-state index in [1.165, 1.54) is 43.7 Å². The van der Waals surface area contributed by atoms with Crippen molar-refractivity contribution in [1.82, 2.24) is 20.1 Å². The minimum absolute atomic E-state index is 0.654. The van der Waals surface area contributed by atoms with Crippen molar-refractivity contribution in [1.29, 1.82) is 0 Å². The second kappa shape index (κ2) is 7.72. The van der Waals surface area contributed by atoms with E-state index in [1.54, 1.807) is 0 Å². The predicted molar refractivity (Wildman–Crippen MR) is 83.6 cm³/mol. The Labute approximate surface area is 123 Å². The van der Waals surface area contributed by atoms with Crippen LogP contribution >= 0.6 is 0 Å². The summed E-state index contributed by atoms with van der Waals surface area (Å²) in [6, 6.07) is 5.01. The van der Waals surface area contributed by atoms with E-state index < -0.39 is 0 Å². The molecule has 0 radical (unpaired) electrons. The van der Waals surface area contributed by atoms with Gasteiger partial charge in [-0.3, -0.25) is 9.88 Å². The molecule has 0 spiro atoms. The van der Waals surface area contributed by atoms with Crippen LogP contribution < -0.4 is 5.32 Å². The molecule has 1 aliphatic heterocycles. The normalized spacial score (nSPS) is 21.9. The Kier molecular flexibility index (Phi) is 5.95. The number of likely N-dealkylation sites (N-methyl/N-ethyl adjacent to an activating group) is 1. The number of aromatic nitrogens is 1. The fourth-order valence-corrected chi connectivity index (χ4v) is 2.95. The summed E-state index contributed by atoms with van der Waals surface area (Å²) in [5.74, 6) is 0. The van der Waals surface area contributed by atoms with E-state index in [-0.39, 0.29) is 0 Å². The molecule has 0 bridgehead atoms. The number of nitrogens with zero attached hydrogens (tertiary/aromatic N) is 3. The van der Waals surface area contributed by atoms with E-state index in [4.69, 9.17) is 0 Å². The van der Waals surface area contributed by atoms with Gasteiger partial charge < -0.3 is 10.2 Å². The van der Waals surface area contributed by atoms with Crippen LogP contribution in [0, 0.1) is 0 Å². The molecule has 1 atom stereocenters. The lowest BCUT2D eigenvalue weighted by Gasteiger charge is -2.29. The van der Waals surface area contributed by atoms with Crippen molar-refractivity contribution < 1.29 is 0 Å². The molecule has 1 fully saturated rings. The summed E-state index contributed by atoms with van der Waals surface area (Å²) < 4.78 is 0. The molecule has 20 heavy (non-hydrogen) atoms. The second-order valence-corrected chi connectivity index (χ2v) is 5.84. The van der Waals surface area contributed by atoms with E-state index in [2.05, 4.69) is 46.2 Å². The molecule has 0 aromatic carbocycles. The maximum Gasteiger partial charge on any atom is 0.0544 e. The zero-order chi connectivity index (χ0) is 14.4. The van der Waals surface area contributed by atoms with Gasteiger partial charge in [-0.1, -0.05) is 13.0 Å². The fourth-order valence-electron chi connectivity index (χ4n) is 2.95. The highest BCUT2D eigenvalue weighted by molar-refractivity contribution is 5.14. The Balaban J connectivity index is 1.99. The molecule has 4 heteroatoms. The SMILES string of the molecule is CCC1CN(C)CCCN1Cc1ccc(CNC)cn1. The van der Waals surface area contributed by atoms with Gasteiger partial charge in [0.25, 0.3) is 0 Å². The van der Waals surface area contributed by atoms with Crippen molar-refractivity contribution in [2.75, 3.05) is 33.7 Å². The first-order valence-corrected chi connectivity index (χ1v) is 7.74. The Hall–Kier alpha value is -0.970. The average molecular weight is 276 g/mol. The van der Waals surface area contributed by atoms with Crippen molar-refractivity contribution in [3.8, 4) is 0 Å². The lowest BCUT2D eigenvalue weighted by Crippen LogP contribution is -2.39. The van der Waals surface area contributed by atoms with E-state index in [1.807, 2.05) is 13.2 Å². The van der Waals surface area contributed by atoms with Crippen LogP contribution in [0.1, 0.15) is 31.0 Å². The highest BCUT2D eigenvalue weighted by Crippen LogP contribution is 2.15. The van der Waals surface area contributed by atoms with E-state index >= 15 is 0 Å². The summed E-state index contributed by atoms with van der Waals surface area (Å²) in [6.45, 7) is 7.73. The predicted octanol–water partition coefficient (Wildman–Crippen LogP) is 1.72. The van der Waals surface area contributed by atoms with Gasteiger partial charge in [-0.05, 0) is 45.1 Å². The van der Waals surface area contributed by atoms with Crippen molar-refractivity contribution >= 4 is 0 Å².